The molecule has 0 saturated heterocycles. The predicted octanol–water partition coefficient (Wildman–Crippen LogP) is 3.25. The average molecular weight is 250 g/mol. The molecule has 0 aliphatic carbocycles. The first-order valence-electron chi connectivity index (χ1n) is 5.22. The Balaban J connectivity index is 0.00000121. The van der Waals surface area contributed by atoms with Crippen molar-refractivity contribution in [1.29, 1.82) is 0 Å². The van der Waals surface area contributed by atoms with Gasteiger partial charge in [0.15, 0.2) is 12.4 Å². The van der Waals surface area contributed by atoms with Gasteiger partial charge in [-0.05, 0) is 19.4 Å². The zero-order valence-electron chi connectivity index (χ0n) is 10.4. The molecule has 0 unspecified atom stereocenters. The summed E-state index contributed by atoms with van der Waals surface area (Å²) in [4.78, 5) is 3.87. The van der Waals surface area contributed by atoms with Gasteiger partial charge in [-0.25, -0.2) is 0 Å². The van der Waals surface area contributed by atoms with Gasteiger partial charge in [0.05, 0.1) is 11.4 Å². The highest BCUT2D eigenvalue weighted by Gasteiger charge is 2.29. The fourth-order valence-corrected chi connectivity index (χ4v) is 1.03. The Morgan fingerprint density at radius 2 is 1.82 bits per heavy atom. The molecule has 1 heterocycles. The Labute approximate surface area is 98.8 Å². The van der Waals surface area contributed by atoms with Crippen LogP contribution in [-0.2, 0) is 0 Å². The van der Waals surface area contributed by atoms with Crippen LogP contribution in [0, 0.1) is 13.8 Å². The van der Waals surface area contributed by atoms with Crippen molar-refractivity contribution < 1.29 is 17.9 Å². The fraction of sp³-hybridized carbons (Fsp3) is 0.545. The minimum Gasteiger partial charge on any atom is -0.480 e. The van der Waals surface area contributed by atoms with Gasteiger partial charge in [-0.2, -0.15) is 13.2 Å². The summed E-state index contributed by atoms with van der Waals surface area (Å²) in [7, 11) is 0. The number of hydrogen-bond acceptors (Lipinski definition) is 3. The zero-order valence-corrected chi connectivity index (χ0v) is 10.4. The molecule has 0 spiro atoms. The molecule has 0 aromatic carbocycles. The van der Waals surface area contributed by atoms with E-state index in [2.05, 4.69) is 9.72 Å². The minimum atomic E-state index is -4.37. The van der Waals surface area contributed by atoms with Crippen molar-refractivity contribution in [3.05, 3.63) is 17.5 Å². The van der Waals surface area contributed by atoms with E-state index in [9.17, 15) is 13.2 Å². The standard InChI is InChI=1S/C9H11F3N2O.C2H6/c1-5-3-14-6(2)8(7(5)13)15-4-9(10,11)12;1-2/h3H,4H2,1-2H3,(H2,13,14);1-2H3. The molecule has 0 atom stereocenters. The molecule has 98 valence electrons. The van der Waals surface area contributed by atoms with Crippen molar-refractivity contribution in [2.45, 2.75) is 33.9 Å². The first-order chi connectivity index (χ1) is 7.81. The number of nitrogens with zero attached hydrogens (tertiary/aromatic N) is 1. The number of aromatic nitrogens is 1. The number of alkyl halides is 3. The summed E-state index contributed by atoms with van der Waals surface area (Å²) in [6, 6.07) is 0. The minimum absolute atomic E-state index is 0.00678. The van der Waals surface area contributed by atoms with Gasteiger partial charge in [-0.15, -0.1) is 0 Å². The van der Waals surface area contributed by atoms with Gasteiger partial charge in [0.25, 0.3) is 0 Å². The highest BCUT2D eigenvalue weighted by molar-refractivity contribution is 5.58. The number of pyridine rings is 1. The molecule has 0 saturated carbocycles. The lowest BCUT2D eigenvalue weighted by molar-refractivity contribution is -0.153. The SMILES string of the molecule is CC.Cc1cnc(C)c(OCC(F)(F)F)c1N. The molecule has 1 rings (SSSR count). The lowest BCUT2D eigenvalue weighted by Crippen LogP contribution is -2.20. The Morgan fingerprint density at radius 3 is 2.29 bits per heavy atom. The normalized spacial score (nSPS) is 10.5. The fourth-order valence-electron chi connectivity index (χ4n) is 1.03. The van der Waals surface area contributed by atoms with Crippen LogP contribution in [0.4, 0.5) is 18.9 Å². The van der Waals surface area contributed by atoms with Gasteiger partial charge in [0.1, 0.15) is 0 Å². The van der Waals surface area contributed by atoms with Crippen LogP contribution >= 0.6 is 0 Å². The summed E-state index contributed by atoms with van der Waals surface area (Å²) >= 11 is 0. The van der Waals surface area contributed by atoms with Gasteiger partial charge in [-0.3, -0.25) is 4.98 Å². The largest absolute Gasteiger partial charge is 0.480 e. The van der Waals surface area contributed by atoms with Crippen LogP contribution in [0.15, 0.2) is 6.20 Å². The monoisotopic (exact) mass is 250 g/mol. The van der Waals surface area contributed by atoms with Crippen LogP contribution < -0.4 is 10.5 Å². The maximum absolute atomic E-state index is 11.9. The molecule has 3 nitrogen and oxygen atoms in total. The molecule has 6 heteroatoms. The molecule has 0 bridgehead atoms. The van der Waals surface area contributed by atoms with Crippen molar-refractivity contribution in [2.24, 2.45) is 0 Å². The predicted molar refractivity (Wildman–Crippen MR) is 61.0 cm³/mol. The van der Waals surface area contributed by atoms with E-state index in [1.54, 1.807) is 13.8 Å². The van der Waals surface area contributed by atoms with Crippen LogP contribution in [0.25, 0.3) is 0 Å². The van der Waals surface area contributed by atoms with E-state index in [0.29, 0.717) is 11.3 Å². The van der Waals surface area contributed by atoms with E-state index in [4.69, 9.17) is 5.73 Å². The Kier molecular flexibility index (Phi) is 5.78. The second-order valence-electron chi connectivity index (χ2n) is 3.17. The Bertz CT molecular complexity index is 364. The number of ether oxygens (including phenoxy) is 1. The molecular weight excluding hydrogens is 233 g/mol. The van der Waals surface area contributed by atoms with Gasteiger partial charge in [0, 0.05) is 6.20 Å². The molecular formula is C11H17F3N2O. The number of rotatable bonds is 2. The number of aryl methyl sites for hydroxylation is 2. The summed E-state index contributed by atoms with van der Waals surface area (Å²) < 4.78 is 40.4. The molecule has 17 heavy (non-hydrogen) atoms. The van der Waals surface area contributed by atoms with E-state index in [1.807, 2.05) is 13.8 Å². The van der Waals surface area contributed by atoms with E-state index < -0.39 is 12.8 Å². The lowest BCUT2D eigenvalue weighted by atomic mass is 10.2. The van der Waals surface area contributed by atoms with E-state index in [-0.39, 0.29) is 11.4 Å². The number of hydrogen-bond donors (Lipinski definition) is 1. The zero-order chi connectivity index (χ0) is 13.6. The molecule has 0 fully saturated rings. The molecule has 0 aliphatic heterocycles. The van der Waals surface area contributed by atoms with Crippen molar-refractivity contribution in [1.82, 2.24) is 4.98 Å². The van der Waals surface area contributed by atoms with Gasteiger partial charge < -0.3 is 10.5 Å². The molecule has 0 amide bonds. The van der Waals surface area contributed by atoms with Gasteiger partial charge in [0.2, 0.25) is 0 Å². The summed E-state index contributed by atoms with van der Waals surface area (Å²) in [5.74, 6) is 0.00678. The van der Waals surface area contributed by atoms with Crippen LogP contribution in [0.3, 0.4) is 0 Å². The quantitative estimate of drug-likeness (QED) is 0.876. The van der Waals surface area contributed by atoms with Crippen molar-refractivity contribution >= 4 is 5.69 Å². The Hall–Kier alpha value is -1.46. The number of anilines is 1. The van der Waals surface area contributed by atoms with Crippen molar-refractivity contribution in [3.63, 3.8) is 0 Å². The maximum Gasteiger partial charge on any atom is 0.422 e. The second-order valence-corrected chi connectivity index (χ2v) is 3.17. The third-order valence-corrected chi connectivity index (χ3v) is 1.83. The highest BCUT2D eigenvalue weighted by Crippen LogP contribution is 2.28. The molecule has 2 N–H and O–H groups in total. The van der Waals surface area contributed by atoms with Crippen LogP contribution in [0.5, 0.6) is 5.75 Å². The highest BCUT2D eigenvalue weighted by atomic mass is 19.4. The summed E-state index contributed by atoms with van der Waals surface area (Å²) in [6.45, 7) is 5.84. The number of halogens is 3. The second kappa shape index (κ2) is 6.32. The molecule has 1 aromatic rings. The van der Waals surface area contributed by atoms with E-state index in [0.717, 1.165) is 0 Å². The first-order valence-corrected chi connectivity index (χ1v) is 5.22. The van der Waals surface area contributed by atoms with Crippen LogP contribution in [0.2, 0.25) is 0 Å². The van der Waals surface area contributed by atoms with E-state index in [1.165, 1.54) is 6.20 Å². The van der Waals surface area contributed by atoms with Crippen LogP contribution in [-0.4, -0.2) is 17.8 Å². The topological polar surface area (TPSA) is 48.1 Å². The van der Waals surface area contributed by atoms with E-state index >= 15 is 0 Å². The Morgan fingerprint density at radius 1 is 1.29 bits per heavy atom. The summed E-state index contributed by atoms with van der Waals surface area (Å²) in [6.07, 6.45) is -2.88. The summed E-state index contributed by atoms with van der Waals surface area (Å²) in [5, 5.41) is 0. The maximum atomic E-state index is 11.9. The van der Waals surface area contributed by atoms with Crippen molar-refractivity contribution in [2.75, 3.05) is 12.3 Å². The average Bonchev–Trinajstić information content (AvgIpc) is 2.25. The molecule has 0 aliphatic rings. The van der Waals surface area contributed by atoms with Gasteiger partial charge >= 0.3 is 6.18 Å². The lowest BCUT2D eigenvalue weighted by Gasteiger charge is -2.13. The van der Waals surface area contributed by atoms with Crippen LogP contribution in [0.1, 0.15) is 25.1 Å². The first kappa shape index (κ1) is 15.5. The molecule has 0 radical (unpaired) electrons. The third-order valence-electron chi connectivity index (χ3n) is 1.83. The molecule has 1 aromatic heterocycles. The summed E-state index contributed by atoms with van der Waals surface area (Å²) in [5.41, 5.74) is 6.73. The third kappa shape index (κ3) is 4.93. The van der Waals surface area contributed by atoms with Crippen molar-refractivity contribution in [3.8, 4) is 5.75 Å². The smallest absolute Gasteiger partial charge is 0.422 e. The van der Waals surface area contributed by atoms with Gasteiger partial charge in [-0.1, -0.05) is 13.8 Å². The number of nitrogen functional groups attached to an aromatic ring is 1. The number of nitrogens with two attached hydrogens (primary N) is 1.